The Labute approximate surface area is 102 Å². The summed E-state index contributed by atoms with van der Waals surface area (Å²) >= 11 is 7.61. The Bertz CT molecular complexity index is 631. The average molecular weight is 246 g/mol. The van der Waals surface area contributed by atoms with Crippen LogP contribution in [0.1, 0.15) is 0 Å². The molecule has 3 rings (SSSR count). The van der Waals surface area contributed by atoms with Crippen LogP contribution in [0.25, 0.3) is 20.5 Å². The van der Waals surface area contributed by atoms with Gasteiger partial charge in [0.1, 0.15) is 5.15 Å². The van der Waals surface area contributed by atoms with Crippen molar-refractivity contribution in [3.05, 3.63) is 53.8 Å². The van der Waals surface area contributed by atoms with Crippen LogP contribution in [0.4, 0.5) is 0 Å². The summed E-state index contributed by atoms with van der Waals surface area (Å²) in [7, 11) is 0. The Balaban J connectivity index is 2.19. The van der Waals surface area contributed by atoms with Gasteiger partial charge >= 0.3 is 0 Å². The summed E-state index contributed by atoms with van der Waals surface area (Å²) < 4.78 is 1.17. The van der Waals surface area contributed by atoms with Crippen LogP contribution in [-0.2, 0) is 0 Å². The molecule has 0 aliphatic carbocycles. The summed E-state index contributed by atoms with van der Waals surface area (Å²) in [5.74, 6) is 0. The highest BCUT2D eigenvalue weighted by Gasteiger charge is 2.04. The van der Waals surface area contributed by atoms with E-state index >= 15 is 0 Å². The highest BCUT2D eigenvalue weighted by Crippen LogP contribution is 2.33. The van der Waals surface area contributed by atoms with Crippen LogP contribution < -0.4 is 0 Å². The maximum Gasteiger partial charge on any atom is 0.129 e. The van der Waals surface area contributed by atoms with E-state index in [1.807, 2.05) is 30.5 Å². The zero-order valence-corrected chi connectivity index (χ0v) is 9.92. The van der Waals surface area contributed by atoms with Crippen LogP contribution in [0.3, 0.4) is 0 Å². The zero-order valence-electron chi connectivity index (χ0n) is 8.35. The summed E-state index contributed by atoms with van der Waals surface area (Å²) in [5, 5.41) is 1.70. The first-order chi connectivity index (χ1) is 7.83. The average Bonchev–Trinajstić information content (AvgIpc) is 2.73. The van der Waals surface area contributed by atoms with Crippen molar-refractivity contribution >= 4 is 33.0 Å². The van der Waals surface area contributed by atoms with E-state index in [1.54, 1.807) is 11.3 Å². The molecule has 3 heteroatoms. The molecule has 3 aromatic rings. The molecule has 2 aromatic heterocycles. The maximum atomic E-state index is 5.87. The third kappa shape index (κ3) is 1.70. The third-order valence-electron chi connectivity index (χ3n) is 2.43. The van der Waals surface area contributed by atoms with Gasteiger partial charge in [-0.05, 0) is 23.1 Å². The van der Waals surface area contributed by atoms with Gasteiger partial charge in [-0.3, -0.25) is 0 Å². The fraction of sp³-hybridized carbons (Fsp3) is 0. The standard InChI is InChI=1S/C13H8ClNS/c14-13-7-10-6-11(16-12(10)8-15-13)9-4-2-1-3-5-9/h1-8H. The predicted octanol–water partition coefficient (Wildman–Crippen LogP) is 4.62. The van der Waals surface area contributed by atoms with E-state index in [4.69, 9.17) is 11.6 Å². The molecule has 0 amide bonds. The molecule has 0 aliphatic rings. The molecule has 0 N–H and O–H groups in total. The fourth-order valence-electron chi connectivity index (χ4n) is 1.66. The van der Waals surface area contributed by atoms with Gasteiger partial charge < -0.3 is 0 Å². The molecular formula is C13H8ClNS. The Morgan fingerprint density at radius 1 is 1.06 bits per heavy atom. The van der Waals surface area contributed by atoms with E-state index in [2.05, 4.69) is 23.2 Å². The van der Waals surface area contributed by atoms with Gasteiger partial charge in [0, 0.05) is 11.1 Å². The molecule has 1 nitrogen and oxygen atoms in total. The fourth-order valence-corrected chi connectivity index (χ4v) is 2.85. The summed E-state index contributed by atoms with van der Waals surface area (Å²) in [6, 6.07) is 14.4. The van der Waals surface area contributed by atoms with Gasteiger partial charge in [0.2, 0.25) is 0 Å². The van der Waals surface area contributed by atoms with Crippen LogP contribution >= 0.6 is 22.9 Å². The molecule has 2 heterocycles. The molecule has 0 fully saturated rings. The number of fused-ring (bicyclic) bond motifs is 1. The highest BCUT2D eigenvalue weighted by atomic mass is 35.5. The third-order valence-corrected chi connectivity index (χ3v) is 3.77. The molecule has 0 atom stereocenters. The number of halogens is 1. The van der Waals surface area contributed by atoms with E-state index in [1.165, 1.54) is 15.1 Å². The van der Waals surface area contributed by atoms with Crippen molar-refractivity contribution in [2.24, 2.45) is 0 Å². The summed E-state index contributed by atoms with van der Waals surface area (Å²) in [6.45, 7) is 0. The number of nitrogens with zero attached hydrogens (tertiary/aromatic N) is 1. The Morgan fingerprint density at radius 2 is 1.88 bits per heavy atom. The second-order valence-electron chi connectivity index (χ2n) is 3.52. The largest absolute Gasteiger partial charge is 0.243 e. The quantitative estimate of drug-likeness (QED) is 0.570. The molecule has 0 saturated carbocycles. The SMILES string of the molecule is Clc1cc2cc(-c3ccccc3)sc2cn1. The Kier molecular flexibility index (Phi) is 2.39. The minimum atomic E-state index is 0.546. The molecule has 0 unspecified atom stereocenters. The van der Waals surface area contributed by atoms with Crippen molar-refractivity contribution in [2.75, 3.05) is 0 Å². The highest BCUT2D eigenvalue weighted by molar-refractivity contribution is 7.22. The molecule has 1 aromatic carbocycles. The number of hydrogen-bond acceptors (Lipinski definition) is 2. The normalized spacial score (nSPS) is 10.8. The number of aromatic nitrogens is 1. The number of hydrogen-bond donors (Lipinski definition) is 0. The predicted molar refractivity (Wildman–Crippen MR) is 70.1 cm³/mol. The first-order valence-corrected chi connectivity index (χ1v) is 6.13. The lowest BCUT2D eigenvalue weighted by molar-refractivity contribution is 1.37. The van der Waals surface area contributed by atoms with Crippen molar-refractivity contribution < 1.29 is 0 Å². The molecule has 0 radical (unpaired) electrons. The first-order valence-electron chi connectivity index (χ1n) is 4.93. The van der Waals surface area contributed by atoms with Crippen molar-refractivity contribution in [3.63, 3.8) is 0 Å². The van der Waals surface area contributed by atoms with Crippen molar-refractivity contribution in [1.29, 1.82) is 0 Å². The zero-order chi connectivity index (χ0) is 11.0. The molecule has 0 saturated heterocycles. The summed E-state index contributed by atoms with van der Waals surface area (Å²) in [4.78, 5) is 5.34. The van der Waals surface area contributed by atoms with Crippen LogP contribution in [0, 0.1) is 0 Å². The topological polar surface area (TPSA) is 12.9 Å². The second kappa shape index (κ2) is 3.89. The van der Waals surface area contributed by atoms with Gasteiger partial charge in [0.15, 0.2) is 0 Å². The van der Waals surface area contributed by atoms with Gasteiger partial charge in [0.25, 0.3) is 0 Å². The molecule has 0 spiro atoms. The lowest BCUT2D eigenvalue weighted by Crippen LogP contribution is -1.70. The van der Waals surface area contributed by atoms with Gasteiger partial charge in [-0.1, -0.05) is 41.9 Å². The molecule has 16 heavy (non-hydrogen) atoms. The lowest BCUT2D eigenvalue weighted by Gasteiger charge is -1.93. The monoisotopic (exact) mass is 245 g/mol. The van der Waals surface area contributed by atoms with Gasteiger partial charge in [0.05, 0.1) is 4.70 Å². The maximum absolute atomic E-state index is 5.87. The Hall–Kier alpha value is -1.38. The second-order valence-corrected chi connectivity index (χ2v) is 4.99. The number of thiophene rings is 1. The number of rotatable bonds is 1. The molecule has 0 bridgehead atoms. The van der Waals surface area contributed by atoms with E-state index in [-0.39, 0.29) is 0 Å². The van der Waals surface area contributed by atoms with Crippen LogP contribution in [0.5, 0.6) is 0 Å². The first kappa shape index (κ1) is 9.82. The van der Waals surface area contributed by atoms with Crippen LogP contribution in [0.15, 0.2) is 48.7 Å². The minimum Gasteiger partial charge on any atom is -0.243 e. The summed E-state index contributed by atoms with van der Waals surface area (Å²) in [6.07, 6.45) is 1.83. The van der Waals surface area contributed by atoms with E-state index in [0.717, 1.165) is 5.39 Å². The van der Waals surface area contributed by atoms with E-state index in [0.29, 0.717) is 5.15 Å². The van der Waals surface area contributed by atoms with Crippen molar-refractivity contribution in [3.8, 4) is 10.4 Å². The smallest absolute Gasteiger partial charge is 0.129 e. The van der Waals surface area contributed by atoms with E-state index < -0.39 is 0 Å². The van der Waals surface area contributed by atoms with Gasteiger partial charge in [-0.2, -0.15) is 0 Å². The molecule has 0 aliphatic heterocycles. The lowest BCUT2D eigenvalue weighted by atomic mass is 10.2. The van der Waals surface area contributed by atoms with Crippen molar-refractivity contribution in [2.45, 2.75) is 0 Å². The van der Waals surface area contributed by atoms with Crippen LogP contribution in [-0.4, -0.2) is 4.98 Å². The summed E-state index contributed by atoms with van der Waals surface area (Å²) in [5.41, 5.74) is 1.24. The van der Waals surface area contributed by atoms with E-state index in [9.17, 15) is 0 Å². The van der Waals surface area contributed by atoms with Crippen molar-refractivity contribution in [1.82, 2.24) is 4.98 Å². The van der Waals surface area contributed by atoms with Gasteiger partial charge in [-0.25, -0.2) is 4.98 Å². The minimum absolute atomic E-state index is 0.546. The Morgan fingerprint density at radius 3 is 2.69 bits per heavy atom. The van der Waals surface area contributed by atoms with Gasteiger partial charge in [-0.15, -0.1) is 11.3 Å². The molecule has 78 valence electrons. The number of benzene rings is 1. The molecular weight excluding hydrogens is 238 g/mol. The number of pyridine rings is 1. The van der Waals surface area contributed by atoms with Crippen LogP contribution in [0.2, 0.25) is 5.15 Å².